The molecule has 1 atom stereocenters. The highest BCUT2D eigenvalue weighted by Gasteiger charge is 2.22. The fourth-order valence-corrected chi connectivity index (χ4v) is 1.85. The van der Waals surface area contributed by atoms with Gasteiger partial charge in [0.05, 0.1) is 0 Å². The summed E-state index contributed by atoms with van der Waals surface area (Å²) in [6.45, 7) is 0. The molecule has 3 N–H and O–H groups in total. The minimum absolute atomic E-state index is 0.410. The van der Waals surface area contributed by atoms with Crippen molar-refractivity contribution in [3.63, 3.8) is 0 Å². The molecule has 0 aliphatic heterocycles. The molecule has 0 radical (unpaired) electrons. The molecule has 0 fully saturated rings. The highest BCUT2D eigenvalue weighted by atomic mass is 19.1. The van der Waals surface area contributed by atoms with E-state index in [0.717, 1.165) is 0 Å². The molecule has 18 heavy (non-hydrogen) atoms. The number of halogens is 1. The number of benzene rings is 2. The molecule has 0 saturated heterocycles. The van der Waals surface area contributed by atoms with Gasteiger partial charge in [0.1, 0.15) is 11.7 Å². The number of anilines is 1. The summed E-state index contributed by atoms with van der Waals surface area (Å²) in [5.74, 6) is -2.36. The average Bonchev–Trinajstić information content (AvgIpc) is 2.32. The number of hydrogen-bond donors (Lipinski definition) is 2. The molecule has 2 aromatic carbocycles. The minimum Gasteiger partial charge on any atom is -0.481 e. The van der Waals surface area contributed by atoms with Crippen LogP contribution in [0.5, 0.6) is 0 Å². The van der Waals surface area contributed by atoms with Gasteiger partial charge < -0.3 is 10.8 Å². The van der Waals surface area contributed by atoms with E-state index in [2.05, 4.69) is 0 Å². The summed E-state index contributed by atoms with van der Waals surface area (Å²) in [7, 11) is 0. The molecular formula is C14H12FNO2. The molecule has 1 unspecified atom stereocenters. The summed E-state index contributed by atoms with van der Waals surface area (Å²) in [6, 6.07) is 12.1. The van der Waals surface area contributed by atoms with E-state index in [0.29, 0.717) is 16.8 Å². The van der Waals surface area contributed by atoms with E-state index in [1.54, 1.807) is 30.3 Å². The molecule has 0 saturated carbocycles. The van der Waals surface area contributed by atoms with Gasteiger partial charge in [0.25, 0.3) is 0 Å². The van der Waals surface area contributed by atoms with Crippen molar-refractivity contribution in [2.24, 2.45) is 0 Å². The fourth-order valence-electron chi connectivity index (χ4n) is 1.85. The van der Waals surface area contributed by atoms with E-state index >= 15 is 0 Å². The Morgan fingerprint density at radius 3 is 2.33 bits per heavy atom. The zero-order valence-corrected chi connectivity index (χ0v) is 9.51. The van der Waals surface area contributed by atoms with Crippen molar-refractivity contribution in [2.75, 3.05) is 5.73 Å². The first-order valence-corrected chi connectivity index (χ1v) is 5.41. The second kappa shape index (κ2) is 4.87. The lowest BCUT2D eigenvalue weighted by Crippen LogP contribution is -2.13. The number of hydrogen-bond acceptors (Lipinski definition) is 2. The van der Waals surface area contributed by atoms with Gasteiger partial charge in [-0.25, -0.2) is 4.39 Å². The maximum absolute atomic E-state index is 13.2. The van der Waals surface area contributed by atoms with Crippen LogP contribution in [0.1, 0.15) is 17.0 Å². The SMILES string of the molecule is Nc1ccc(C(C(=O)O)c2cccc(F)c2)cc1. The summed E-state index contributed by atoms with van der Waals surface area (Å²) in [4.78, 5) is 11.3. The minimum atomic E-state index is -1.02. The second-order valence-electron chi connectivity index (χ2n) is 3.99. The molecule has 0 aromatic heterocycles. The number of aliphatic carboxylic acids is 1. The van der Waals surface area contributed by atoms with Crippen LogP contribution in [-0.4, -0.2) is 11.1 Å². The standard InChI is InChI=1S/C14H12FNO2/c15-11-3-1-2-10(8-11)13(14(17)18)9-4-6-12(16)7-5-9/h1-8,13H,16H2,(H,17,18). The van der Waals surface area contributed by atoms with Crippen molar-refractivity contribution in [3.8, 4) is 0 Å². The van der Waals surface area contributed by atoms with Gasteiger partial charge in [-0.05, 0) is 35.4 Å². The highest BCUT2D eigenvalue weighted by molar-refractivity contribution is 5.80. The third-order valence-corrected chi connectivity index (χ3v) is 2.70. The summed E-state index contributed by atoms with van der Waals surface area (Å²) >= 11 is 0. The van der Waals surface area contributed by atoms with Gasteiger partial charge in [-0.2, -0.15) is 0 Å². The molecule has 0 aliphatic rings. The van der Waals surface area contributed by atoms with E-state index in [1.807, 2.05) is 0 Å². The molecule has 0 bridgehead atoms. The lowest BCUT2D eigenvalue weighted by Gasteiger charge is -2.13. The lowest BCUT2D eigenvalue weighted by molar-refractivity contribution is -0.137. The monoisotopic (exact) mass is 245 g/mol. The van der Waals surface area contributed by atoms with Gasteiger partial charge in [-0.1, -0.05) is 24.3 Å². The fraction of sp³-hybridized carbons (Fsp3) is 0.0714. The Kier molecular flexibility index (Phi) is 3.28. The third kappa shape index (κ3) is 2.48. The van der Waals surface area contributed by atoms with Crippen molar-refractivity contribution < 1.29 is 14.3 Å². The number of carboxylic acids is 1. The average molecular weight is 245 g/mol. The highest BCUT2D eigenvalue weighted by Crippen LogP contribution is 2.26. The molecule has 0 amide bonds. The van der Waals surface area contributed by atoms with Gasteiger partial charge in [0.2, 0.25) is 0 Å². The number of carboxylic acid groups (broad SMARTS) is 1. The van der Waals surface area contributed by atoms with Crippen LogP contribution in [0.15, 0.2) is 48.5 Å². The molecule has 92 valence electrons. The summed E-state index contributed by atoms with van der Waals surface area (Å²) in [6.07, 6.45) is 0. The molecule has 2 rings (SSSR count). The van der Waals surface area contributed by atoms with Crippen LogP contribution in [0.4, 0.5) is 10.1 Å². The maximum atomic E-state index is 13.2. The Balaban J connectivity index is 2.46. The maximum Gasteiger partial charge on any atom is 0.315 e. The van der Waals surface area contributed by atoms with Crippen LogP contribution in [0.25, 0.3) is 0 Å². The number of nitrogen functional groups attached to an aromatic ring is 1. The smallest absolute Gasteiger partial charge is 0.315 e. The van der Waals surface area contributed by atoms with Crippen LogP contribution in [0.2, 0.25) is 0 Å². The zero-order valence-electron chi connectivity index (χ0n) is 9.51. The third-order valence-electron chi connectivity index (χ3n) is 2.70. The Morgan fingerprint density at radius 2 is 1.78 bits per heavy atom. The van der Waals surface area contributed by atoms with Crippen LogP contribution < -0.4 is 5.73 Å². The largest absolute Gasteiger partial charge is 0.481 e. The lowest BCUT2D eigenvalue weighted by atomic mass is 9.91. The van der Waals surface area contributed by atoms with E-state index in [4.69, 9.17) is 5.73 Å². The zero-order chi connectivity index (χ0) is 13.1. The van der Waals surface area contributed by atoms with Gasteiger partial charge in [-0.3, -0.25) is 4.79 Å². The Labute approximate surface area is 104 Å². The summed E-state index contributed by atoms with van der Waals surface area (Å²) in [5.41, 5.74) is 7.10. The second-order valence-corrected chi connectivity index (χ2v) is 3.99. The van der Waals surface area contributed by atoms with Gasteiger partial charge in [0, 0.05) is 5.69 Å². The van der Waals surface area contributed by atoms with Crippen molar-refractivity contribution >= 4 is 11.7 Å². The first kappa shape index (κ1) is 12.1. The predicted molar refractivity (Wildman–Crippen MR) is 66.7 cm³/mol. The van der Waals surface area contributed by atoms with E-state index in [9.17, 15) is 14.3 Å². The van der Waals surface area contributed by atoms with Crippen LogP contribution in [0, 0.1) is 5.82 Å². The van der Waals surface area contributed by atoms with Gasteiger partial charge in [-0.15, -0.1) is 0 Å². The van der Waals surface area contributed by atoms with E-state index in [1.165, 1.54) is 18.2 Å². The number of carbonyl (C=O) groups is 1. The number of rotatable bonds is 3. The Bertz CT molecular complexity index is 566. The predicted octanol–water partition coefficient (Wildman–Crippen LogP) is 2.62. The van der Waals surface area contributed by atoms with E-state index < -0.39 is 17.7 Å². The first-order valence-electron chi connectivity index (χ1n) is 5.41. The molecule has 2 aromatic rings. The molecule has 4 heteroatoms. The first-order chi connectivity index (χ1) is 8.58. The quantitative estimate of drug-likeness (QED) is 0.817. The van der Waals surface area contributed by atoms with Crippen LogP contribution >= 0.6 is 0 Å². The number of nitrogens with two attached hydrogens (primary N) is 1. The summed E-state index contributed by atoms with van der Waals surface area (Å²) < 4.78 is 13.2. The topological polar surface area (TPSA) is 63.3 Å². The van der Waals surface area contributed by atoms with Crippen molar-refractivity contribution in [2.45, 2.75) is 5.92 Å². The Morgan fingerprint density at radius 1 is 1.11 bits per heavy atom. The van der Waals surface area contributed by atoms with Crippen LogP contribution in [-0.2, 0) is 4.79 Å². The van der Waals surface area contributed by atoms with Gasteiger partial charge >= 0.3 is 5.97 Å². The normalized spacial score (nSPS) is 12.1. The van der Waals surface area contributed by atoms with Crippen molar-refractivity contribution in [1.29, 1.82) is 0 Å². The summed E-state index contributed by atoms with van der Waals surface area (Å²) in [5, 5.41) is 9.29. The van der Waals surface area contributed by atoms with Gasteiger partial charge in [0.15, 0.2) is 0 Å². The molecule has 0 spiro atoms. The molecule has 3 nitrogen and oxygen atoms in total. The molecule has 0 heterocycles. The van der Waals surface area contributed by atoms with Crippen LogP contribution in [0.3, 0.4) is 0 Å². The van der Waals surface area contributed by atoms with E-state index in [-0.39, 0.29) is 0 Å². The van der Waals surface area contributed by atoms with Crippen molar-refractivity contribution in [1.82, 2.24) is 0 Å². The van der Waals surface area contributed by atoms with Crippen molar-refractivity contribution in [3.05, 3.63) is 65.5 Å². The molecule has 0 aliphatic carbocycles. The molecular weight excluding hydrogens is 233 g/mol. The Hall–Kier alpha value is -2.36.